The maximum Gasteiger partial charge on any atom is 0.273 e. The molecule has 0 aliphatic heterocycles. The number of hydrogen-bond acceptors (Lipinski definition) is 4. The number of sulfonamides is 1. The lowest BCUT2D eigenvalue weighted by Gasteiger charge is -2.18. The van der Waals surface area contributed by atoms with Crippen LogP contribution in [0.15, 0.2) is 38.3 Å². The zero-order chi connectivity index (χ0) is 14.9. The summed E-state index contributed by atoms with van der Waals surface area (Å²) in [5, 5.41) is 8.75. The van der Waals surface area contributed by atoms with E-state index in [2.05, 4.69) is 15.9 Å². The summed E-state index contributed by atoms with van der Waals surface area (Å²) in [6.07, 6.45) is 0. The van der Waals surface area contributed by atoms with Crippen molar-refractivity contribution in [1.82, 2.24) is 0 Å². The van der Waals surface area contributed by atoms with E-state index >= 15 is 0 Å². The van der Waals surface area contributed by atoms with Gasteiger partial charge in [-0.2, -0.15) is 5.26 Å². The van der Waals surface area contributed by atoms with E-state index in [0.717, 1.165) is 9.35 Å². The van der Waals surface area contributed by atoms with Crippen LogP contribution in [0.3, 0.4) is 0 Å². The zero-order valence-corrected chi connectivity index (χ0v) is 14.0. The van der Waals surface area contributed by atoms with E-state index in [9.17, 15) is 8.42 Å². The molecule has 1 aromatic heterocycles. The summed E-state index contributed by atoms with van der Waals surface area (Å²) in [4.78, 5) is 0. The third-order valence-electron chi connectivity index (χ3n) is 2.81. The summed E-state index contributed by atoms with van der Waals surface area (Å²) in [6.45, 7) is 1.85. The van der Waals surface area contributed by atoms with Crippen molar-refractivity contribution in [3.8, 4) is 6.07 Å². The summed E-state index contributed by atoms with van der Waals surface area (Å²) < 4.78 is 27.3. The van der Waals surface area contributed by atoms with Crippen LogP contribution in [0.5, 0.6) is 0 Å². The van der Waals surface area contributed by atoms with Crippen LogP contribution in [0.4, 0.5) is 5.69 Å². The fraction of sp³-hybridized carbons (Fsp3) is 0.154. The summed E-state index contributed by atoms with van der Waals surface area (Å²) in [5.41, 5.74) is 1.90. The van der Waals surface area contributed by atoms with Crippen molar-refractivity contribution in [2.45, 2.75) is 11.1 Å². The Balaban J connectivity index is 2.40. The Morgan fingerprint density at radius 2 is 1.90 bits per heavy atom. The average Bonchev–Trinajstić information content (AvgIpc) is 2.78. The molecule has 1 heterocycles. The van der Waals surface area contributed by atoms with Gasteiger partial charge in [-0.3, -0.25) is 4.31 Å². The normalized spacial score (nSPS) is 11.1. The van der Waals surface area contributed by atoms with Gasteiger partial charge < -0.3 is 0 Å². The van der Waals surface area contributed by atoms with E-state index in [1.165, 1.54) is 22.7 Å². The van der Waals surface area contributed by atoms with Crippen molar-refractivity contribution in [3.63, 3.8) is 0 Å². The van der Waals surface area contributed by atoms with Crippen LogP contribution in [-0.2, 0) is 10.0 Å². The minimum Gasteiger partial charge on any atom is -0.269 e. The molecule has 0 spiro atoms. The van der Waals surface area contributed by atoms with Gasteiger partial charge in [-0.05, 0) is 58.7 Å². The Bertz CT molecular complexity index is 754. The molecule has 2 aromatic rings. The summed E-state index contributed by atoms with van der Waals surface area (Å²) in [7, 11) is -2.07. The third kappa shape index (κ3) is 2.73. The number of nitriles is 1. The predicted octanol–water partition coefficient (Wildman–Crippen LogP) is 3.52. The van der Waals surface area contributed by atoms with Crippen molar-refractivity contribution in [2.24, 2.45) is 0 Å². The second-order valence-electron chi connectivity index (χ2n) is 4.15. The lowest BCUT2D eigenvalue weighted by molar-refractivity contribution is 0.596. The number of thiophene rings is 1. The Morgan fingerprint density at radius 1 is 1.30 bits per heavy atom. The summed E-state index contributed by atoms with van der Waals surface area (Å²) in [5.74, 6) is 0. The Kier molecular flexibility index (Phi) is 4.18. The van der Waals surface area contributed by atoms with Gasteiger partial charge in [0, 0.05) is 7.05 Å². The molecular formula is C13H11BrN2O2S2. The van der Waals surface area contributed by atoms with Crippen LogP contribution < -0.4 is 4.31 Å². The second-order valence-corrected chi connectivity index (χ2v) is 8.72. The highest BCUT2D eigenvalue weighted by Crippen LogP contribution is 2.33. The lowest BCUT2D eigenvalue weighted by Crippen LogP contribution is -2.25. The first kappa shape index (κ1) is 15.0. The Morgan fingerprint density at radius 3 is 2.35 bits per heavy atom. The van der Waals surface area contributed by atoms with E-state index in [4.69, 9.17) is 5.26 Å². The molecule has 0 saturated carbocycles. The number of benzene rings is 1. The summed E-state index contributed by atoms with van der Waals surface area (Å²) >= 11 is 4.52. The van der Waals surface area contributed by atoms with Gasteiger partial charge in [0.25, 0.3) is 10.0 Å². The van der Waals surface area contributed by atoms with Crippen LogP contribution in [0.1, 0.15) is 11.1 Å². The number of nitrogens with zero attached hydrogens (tertiary/aromatic N) is 2. The molecule has 0 aliphatic carbocycles. The molecule has 0 bridgehead atoms. The fourth-order valence-corrected chi connectivity index (χ4v) is 5.17. The fourth-order valence-electron chi connectivity index (χ4n) is 1.58. The quantitative estimate of drug-likeness (QED) is 0.830. The van der Waals surface area contributed by atoms with Gasteiger partial charge in [0.05, 0.1) is 21.1 Å². The van der Waals surface area contributed by atoms with Crippen molar-refractivity contribution < 1.29 is 8.42 Å². The van der Waals surface area contributed by atoms with Gasteiger partial charge >= 0.3 is 0 Å². The average molecular weight is 371 g/mol. The van der Waals surface area contributed by atoms with Crippen molar-refractivity contribution in [3.05, 3.63) is 45.2 Å². The molecule has 0 unspecified atom stereocenters. The van der Waals surface area contributed by atoms with Crippen molar-refractivity contribution >= 4 is 43.0 Å². The molecule has 4 nitrogen and oxygen atoms in total. The first-order valence-corrected chi connectivity index (χ1v) is 8.66. The van der Waals surface area contributed by atoms with Gasteiger partial charge in [-0.1, -0.05) is 0 Å². The molecule has 0 saturated heterocycles. The van der Waals surface area contributed by atoms with Gasteiger partial charge in [-0.25, -0.2) is 8.42 Å². The molecule has 0 aliphatic rings. The van der Waals surface area contributed by atoms with E-state index in [-0.39, 0.29) is 4.21 Å². The molecule has 0 fully saturated rings. The van der Waals surface area contributed by atoms with Crippen LogP contribution >= 0.6 is 27.3 Å². The lowest BCUT2D eigenvalue weighted by atomic mass is 10.2. The molecule has 0 radical (unpaired) electrons. The van der Waals surface area contributed by atoms with Crippen molar-refractivity contribution in [1.29, 1.82) is 5.26 Å². The Labute approximate surface area is 130 Å². The summed E-state index contributed by atoms with van der Waals surface area (Å²) in [6, 6.07) is 10.1. The van der Waals surface area contributed by atoms with Crippen LogP contribution in [0, 0.1) is 18.3 Å². The van der Waals surface area contributed by atoms with E-state index in [0.29, 0.717) is 11.3 Å². The molecule has 0 atom stereocenters. The number of halogens is 1. The van der Waals surface area contributed by atoms with Crippen LogP contribution in [-0.4, -0.2) is 15.5 Å². The molecule has 104 valence electrons. The van der Waals surface area contributed by atoms with E-state index in [1.807, 2.05) is 13.0 Å². The topological polar surface area (TPSA) is 61.2 Å². The standard InChI is InChI=1S/C13H11BrN2O2S2/c1-9-7-12(19-13(9)14)20(17,18)16(2)11-5-3-10(8-15)4-6-11/h3-7H,1-2H3. The smallest absolute Gasteiger partial charge is 0.269 e. The molecule has 1 aromatic carbocycles. The third-order valence-corrected chi connectivity index (χ3v) is 7.18. The first-order chi connectivity index (χ1) is 9.36. The molecule has 20 heavy (non-hydrogen) atoms. The van der Waals surface area contributed by atoms with Crippen molar-refractivity contribution in [2.75, 3.05) is 11.4 Å². The predicted molar refractivity (Wildman–Crippen MR) is 83.5 cm³/mol. The van der Waals surface area contributed by atoms with Crippen LogP contribution in [0.25, 0.3) is 0 Å². The molecule has 0 amide bonds. The number of hydrogen-bond donors (Lipinski definition) is 0. The minimum atomic E-state index is -3.57. The number of anilines is 1. The second kappa shape index (κ2) is 5.56. The van der Waals surface area contributed by atoms with E-state index in [1.54, 1.807) is 30.3 Å². The highest BCUT2D eigenvalue weighted by molar-refractivity contribution is 9.11. The monoisotopic (exact) mass is 370 g/mol. The van der Waals surface area contributed by atoms with Crippen LogP contribution in [0.2, 0.25) is 0 Å². The van der Waals surface area contributed by atoms with Gasteiger partial charge in [0.15, 0.2) is 0 Å². The highest BCUT2D eigenvalue weighted by atomic mass is 79.9. The molecule has 7 heteroatoms. The number of rotatable bonds is 3. The minimum absolute atomic E-state index is 0.286. The Hall–Kier alpha value is -1.36. The molecule has 0 N–H and O–H groups in total. The maximum atomic E-state index is 12.5. The number of aryl methyl sites for hydroxylation is 1. The largest absolute Gasteiger partial charge is 0.273 e. The van der Waals surface area contributed by atoms with E-state index < -0.39 is 10.0 Å². The maximum absolute atomic E-state index is 12.5. The first-order valence-electron chi connectivity index (χ1n) is 5.61. The molecule has 2 rings (SSSR count). The van der Waals surface area contributed by atoms with Gasteiger partial charge in [0.2, 0.25) is 0 Å². The highest BCUT2D eigenvalue weighted by Gasteiger charge is 2.24. The van der Waals surface area contributed by atoms with Gasteiger partial charge in [-0.15, -0.1) is 11.3 Å². The SMILES string of the molecule is Cc1cc(S(=O)(=O)N(C)c2ccc(C#N)cc2)sc1Br. The zero-order valence-electron chi connectivity index (χ0n) is 10.8. The molecular weight excluding hydrogens is 360 g/mol. The van der Waals surface area contributed by atoms with Gasteiger partial charge in [0.1, 0.15) is 4.21 Å².